The van der Waals surface area contributed by atoms with Crippen molar-refractivity contribution in [3.63, 3.8) is 0 Å². The van der Waals surface area contributed by atoms with Crippen molar-refractivity contribution in [2.24, 2.45) is 4.99 Å². The van der Waals surface area contributed by atoms with E-state index >= 15 is 0 Å². The molecular formula is C37H34N2O4S2. The maximum Gasteiger partial charge on any atom is 0.295 e. The predicted molar refractivity (Wildman–Crippen MR) is 185 cm³/mol. The molecule has 0 unspecified atom stereocenters. The first kappa shape index (κ1) is 30.6. The van der Waals surface area contributed by atoms with E-state index in [1.165, 1.54) is 17.2 Å². The van der Waals surface area contributed by atoms with E-state index in [9.17, 15) is 13.0 Å². The molecule has 0 saturated heterocycles. The lowest BCUT2D eigenvalue weighted by Gasteiger charge is -2.19. The highest BCUT2D eigenvalue weighted by molar-refractivity contribution is 7.86. The Kier molecular flexibility index (Phi) is 8.55. The lowest BCUT2D eigenvalue weighted by molar-refractivity contribution is 0.483. The maximum atomic E-state index is 12.5. The van der Waals surface area contributed by atoms with E-state index in [0.29, 0.717) is 38.8 Å². The van der Waals surface area contributed by atoms with Crippen molar-refractivity contribution in [3.8, 4) is 22.5 Å². The van der Waals surface area contributed by atoms with Gasteiger partial charge in [0.15, 0.2) is 0 Å². The zero-order valence-electron chi connectivity index (χ0n) is 25.3. The molecule has 0 amide bonds. The van der Waals surface area contributed by atoms with Crippen molar-refractivity contribution in [1.29, 1.82) is 0 Å². The third-order valence-electron chi connectivity index (χ3n) is 8.13. The van der Waals surface area contributed by atoms with Crippen molar-refractivity contribution >= 4 is 50.8 Å². The van der Waals surface area contributed by atoms with Gasteiger partial charge in [-0.2, -0.15) is 8.42 Å². The molecule has 0 radical (unpaired) electrons. The number of nitrogens with one attached hydrogen (secondary N) is 1. The minimum Gasteiger partial charge on any atom is -0.456 e. The second-order valence-electron chi connectivity index (χ2n) is 10.9. The number of hydrogen-bond donors (Lipinski definition) is 3. The number of nitrogens with zero attached hydrogens (tertiary/aromatic N) is 1. The van der Waals surface area contributed by atoms with Gasteiger partial charge >= 0.3 is 0 Å². The lowest BCUT2D eigenvalue weighted by atomic mass is 9.93. The third kappa shape index (κ3) is 6.01. The van der Waals surface area contributed by atoms with E-state index in [2.05, 4.69) is 56.9 Å². The van der Waals surface area contributed by atoms with Crippen LogP contribution in [0.25, 0.3) is 33.4 Å². The molecule has 0 bridgehead atoms. The molecule has 1 aliphatic carbocycles. The molecule has 45 heavy (non-hydrogen) atoms. The van der Waals surface area contributed by atoms with Gasteiger partial charge in [-0.05, 0) is 72.4 Å². The second kappa shape index (κ2) is 12.6. The zero-order valence-corrected chi connectivity index (χ0v) is 27.0. The van der Waals surface area contributed by atoms with Crippen LogP contribution in [0.5, 0.6) is 0 Å². The van der Waals surface area contributed by atoms with Crippen LogP contribution in [0.15, 0.2) is 116 Å². The van der Waals surface area contributed by atoms with Crippen molar-refractivity contribution in [2.45, 2.75) is 49.8 Å². The topological polar surface area (TPSA) is 91.9 Å². The highest BCUT2D eigenvalue weighted by Crippen LogP contribution is 2.43. The quantitative estimate of drug-likeness (QED) is 0.0881. The molecule has 1 aliphatic heterocycles. The summed E-state index contributed by atoms with van der Waals surface area (Å²) in [6.07, 6.45) is 2.58. The summed E-state index contributed by atoms with van der Waals surface area (Å²) in [7, 11) is -4.51. The Hall–Kier alpha value is -4.37. The Morgan fingerprint density at radius 3 is 2.18 bits per heavy atom. The number of anilines is 2. The third-order valence-corrected chi connectivity index (χ3v) is 9.40. The van der Waals surface area contributed by atoms with Gasteiger partial charge in [0.1, 0.15) is 16.2 Å². The minimum atomic E-state index is -4.51. The largest absolute Gasteiger partial charge is 0.456 e. The standard InChI is InChI=1S/C37H34N2O4S2/c1-4-23-11-9-12-24(5-2)36(23)38-26-17-19-28-31(21-26)43-32-22-27(39-37-25(6-3)13-10-15-33(37)44)18-20-29(32)35(28)30-14-7-8-16-34(30)45(40,41)42/h7-22,38,44H,4-6H2,1-3H3,(H,40,41,42)/b39-27-. The summed E-state index contributed by atoms with van der Waals surface area (Å²) in [5, 5.41) is 5.00. The van der Waals surface area contributed by atoms with Gasteiger partial charge in [0, 0.05) is 50.5 Å². The number of rotatable bonds is 8. The lowest BCUT2D eigenvalue weighted by Crippen LogP contribution is -2.05. The van der Waals surface area contributed by atoms with E-state index in [4.69, 9.17) is 9.41 Å². The van der Waals surface area contributed by atoms with E-state index in [-0.39, 0.29) is 4.90 Å². The zero-order chi connectivity index (χ0) is 31.7. The fraction of sp³-hybridized carbons (Fsp3) is 0.162. The molecular weight excluding hydrogens is 601 g/mol. The Balaban J connectivity index is 1.62. The second-order valence-corrected chi connectivity index (χ2v) is 12.7. The first-order chi connectivity index (χ1) is 21.7. The SMILES string of the molecule is CCc1cccc(S)c1/N=c1/ccc2c(-c3ccccc3S(=O)(=O)O)c3ccc(Nc4c(CC)cccc4CC)cc3oc-2c1. The molecule has 228 valence electrons. The van der Waals surface area contributed by atoms with Gasteiger partial charge in [0.05, 0.1) is 11.0 Å². The molecule has 2 N–H and O–H groups in total. The summed E-state index contributed by atoms with van der Waals surface area (Å²) >= 11 is 4.65. The summed E-state index contributed by atoms with van der Waals surface area (Å²) in [6.45, 7) is 6.36. The smallest absolute Gasteiger partial charge is 0.295 e. The molecule has 0 saturated carbocycles. The number of para-hydroxylation sites is 2. The summed E-state index contributed by atoms with van der Waals surface area (Å²) in [5.41, 5.74) is 8.51. The van der Waals surface area contributed by atoms with Gasteiger partial charge in [-0.25, -0.2) is 4.99 Å². The summed E-state index contributed by atoms with van der Waals surface area (Å²) < 4.78 is 41.8. The fourth-order valence-electron chi connectivity index (χ4n) is 5.88. The van der Waals surface area contributed by atoms with E-state index < -0.39 is 10.1 Å². The molecule has 0 spiro atoms. The molecule has 6 rings (SSSR count). The van der Waals surface area contributed by atoms with Gasteiger partial charge in [0.2, 0.25) is 0 Å². The van der Waals surface area contributed by atoms with E-state index in [1.807, 2.05) is 54.6 Å². The number of fused-ring (bicyclic) bond motifs is 2. The fourth-order valence-corrected chi connectivity index (χ4v) is 6.86. The average molecular weight is 635 g/mol. The molecule has 6 nitrogen and oxygen atoms in total. The minimum absolute atomic E-state index is 0.171. The van der Waals surface area contributed by atoms with Gasteiger partial charge in [0.25, 0.3) is 10.1 Å². The predicted octanol–water partition coefficient (Wildman–Crippen LogP) is 9.40. The summed E-state index contributed by atoms with van der Waals surface area (Å²) in [6, 6.07) is 30.2. The summed E-state index contributed by atoms with van der Waals surface area (Å²) in [5.74, 6) is 0.527. The Morgan fingerprint density at radius 1 is 0.778 bits per heavy atom. The van der Waals surface area contributed by atoms with Crippen molar-refractivity contribution < 1.29 is 17.4 Å². The average Bonchev–Trinajstić information content (AvgIpc) is 3.04. The Morgan fingerprint density at radius 2 is 1.47 bits per heavy atom. The molecule has 0 atom stereocenters. The molecule has 4 aromatic rings. The highest BCUT2D eigenvalue weighted by Gasteiger charge is 2.23. The number of thiol groups is 1. The molecule has 0 aromatic heterocycles. The molecule has 0 fully saturated rings. The molecule has 8 heteroatoms. The van der Waals surface area contributed by atoms with Crippen LogP contribution in [-0.2, 0) is 29.4 Å². The monoisotopic (exact) mass is 634 g/mol. The van der Waals surface area contributed by atoms with Gasteiger partial charge in [-0.3, -0.25) is 4.55 Å². The van der Waals surface area contributed by atoms with Crippen LogP contribution in [0.4, 0.5) is 17.1 Å². The summed E-state index contributed by atoms with van der Waals surface area (Å²) in [4.78, 5) is 5.54. The van der Waals surface area contributed by atoms with Crippen LogP contribution in [0.2, 0.25) is 0 Å². The Bertz CT molecular complexity index is 2180. The van der Waals surface area contributed by atoms with Crippen LogP contribution in [-0.4, -0.2) is 13.0 Å². The number of hydrogen-bond acceptors (Lipinski definition) is 6. The molecule has 1 heterocycles. The van der Waals surface area contributed by atoms with Crippen LogP contribution < -0.4 is 10.7 Å². The Labute approximate surface area is 269 Å². The van der Waals surface area contributed by atoms with E-state index in [0.717, 1.165) is 46.8 Å². The van der Waals surface area contributed by atoms with Gasteiger partial charge < -0.3 is 9.73 Å². The number of aryl methyl sites for hydroxylation is 3. The van der Waals surface area contributed by atoms with Crippen LogP contribution >= 0.6 is 12.6 Å². The maximum absolute atomic E-state index is 12.5. The van der Waals surface area contributed by atoms with Crippen molar-refractivity contribution in [3.05, 3.63) is 119 Å². The van der Waals surface area contributed by atoms with Crippen LogP contribution in [0.1, 0.15) is 37.5 Å². The van der Waals surface area contributed by atoms with Crippen molar-refractivity contribution in [1.82, 2.24) is 0 Å². The van der Waals surface area contributed by atoms with Crippen LogP contribution in [0, 0.1) is 0 Å². The number of benzene rings is 5. The van der Waals surface area contributed by atoms with Crippen LogP contribution in [0.3, 0.4) is 0 Å². The molecule has 2 aliphatic rings. The van der Waals surface area contributed by atoms with E-state index in [1.54, 1.807) is 18.2 Å². The normalized spacial score (nSPS) is 12.2. The molecule has 4 aromatic carbocycles. The highest BCUT2D eigenvalue weighted by atomic mass is 32.2. The van der Waals surface area contributed by atoms with Crippen molar-refractivity contribution in [2.75, 3.05) is 5.32 Å². The van der Waals surface area contributed by atoms with Gasteiger partial charge in [-0.1, -0.05) is 69.3 Å². The van der Waals surface area contributed by atoms with Gasteiger partial charge in [-0.15, -0.1) is 12.6 Å². The first-order valence-corrected chi connectivity index (χ1v) is 16.9. The first-order valence-electron chi connectivity index (χ1n) is 15.0.